The first-order valence-electron chi connectivity index (χ1n) is 9.71. The second-order valence-electron chi connectivity index (χ2n) is 6.99. The fraction of sp³-hybridized carbons (Fsp3) is 0.318. The van der Waals surface area contributed by atoms with Crippen molar-refractivity contribution in [3.8, 4) is 5.75 Å². The molecule has 1 aliphatic rings. The zero-order valence-electron chi connectivity index (χ0n) is 16.1. The van der Waals surface area contributed by atoms with Crippen LogP contribution in [0.25, 0.3) is 0 Å². The van der Waals surface area contributed by atoms with E-state index in [2.05, 4.69) is 15.8 Å². The lowest BCUT2D eigenvalue weighted by molar-refractivity contribution is -0.139. The molecule has 0 spiro atoms. The molecule has 2 N–H and O–H groups in total. The molecule has 1 aliphatic carbocycles. The maximum atomic E-state index is 11.9. The number of rotatable bonds is 6. The van der Waals surface area contributed by atoms with Crippen LogP contribution >= 0.6 is 11.6 Å². The summed E-state index contributed by atoms with van der Waals surface area (Å²) in [5.74, 6) is -0.678. The van der Waals surface area contributed by atoms with E-state index in [0.29, 0.717) is 17.4 Å². The van der Waals surface area contributed by atoms with Crippen molar-refractivity contribution in [2.45, 2.75) is 44.8 Å². The Kier molecular flexibility index (Phi) is 7.64. The minimum Gasteiger partial charge on any atom is -0.489 e. The van der Waals surface area contributed by atoms with Crippen LogP contribution in [-0.4, -0.2) is 24.1 Å². The van der Waals surface area contributed by atoms with Crippen molar-refractivity contribution in [1.82, 2.24) is 10.7 Å². The lowest BCUT2D eigenvalue weighted by Gasteiger charge is -2.22. The Morgan fingerprint density at radius 1 is 1.00 bits per heavy atom. The predicted octanol–water partition coefficient (Wildman–Crippen LogP) is 3.82. The minimum absolute atomic E-state index is 0.0893. The van der Waals surface area contributed by atoms with Gasteiger partial charge in [0, 0.05) is 11.1 Å². The zero-order valence-corrected chi connectivity index (χ0v) is 16.8. The van der Waals surface area contributed by atoms with Gasteiger partial charge in [-0.25, -0.2) is 5.43 Å². The Bertz CT molecular complexity index is 845. The van der Waals surface area contributed by atoms with Crippen LogP contribution in [0.4, 0.5) is 0 Å². The van der Waals surface area contributed by atoms with Crippen LogP contribution in [0.5, 0.6) is 5.75 Å². The molecule has 0 atom stereocenters. The number of nitrogens with one attached hydrogen (secondary N) is 2. The van der Waals surface area contributed by atoms with Gasteiger partial charge in [0.2, 0.25) is 0 Å². The average Bonchev–Trinajstić information content (AvgIpc) is 2.75. The lowest BCUT2D eigenvalue weighted by atomic mass is 9.95. The topological polar surface area (TPSA) is 79.8 Å². The van der Waals surface area contributed by atoms with Gasteiger partial charge in [-0.2, -0.15) is 5.10 Å². The number of carbonyl (C=O) groups is 2. The second-order valence-corrected chi connectivity index (χ2v) is 7.43. The SMILES string of the molecule is O=C(N/N=C/c1ccc(OCc2ccc(Cl)cc2)cc1)C(=O)NC1CCCCC1. The largest absolute Gasteiger partial charge is 0.489 e. The highest BCUT2D eigenvalue weighted by Gasteiger charge is 2.19. The minimum atomic E-state index is -0.755. The molecule has 0 heterocycles. The maximum Gasteiger partial charge on any atom is 0.329 e. The third-order valence-electron chi connectivity index (χ3n) is 4.73. The quantitative estimate of drug-likeness (QED) is 0.429. The van der Waals surface area contributed by atoms with E-state index in [-0.39, 0.29) is 6.04 Å². The molecule has 0 unspecified atom stereocenters. The molecule has 0 aromatic heterocycles. The molecule has 2 aromatic rings. The summed E-state index contributed by atoms with van der Waals surface area (Å²) >= 11 is 5.87. The number of ether oxygens (including phenoxy) is 1. The number of benzene rings is 2. The molecule has 0 bridgehead atoms. The molecule has 6 nitrogen and oxygen atoms in total. The fourth-order valence-electron chi connectivity index (χ4n) is 3.11. The molecule has 152 valence electrons. The van der Waals surface area contributed by atoms with Gasteiger partial charge in [0.25, 0.3) is 0 Å². The maximum absolute atomic E-state index is 11.9. The van der Waals surface area contributed by atoms with E-state index in [1.165, 1.54) is 12.6 Å². The van der Waals surface area contributed by atoms with E-state index in [1.54, 1.807) is 0 Å². The second kappa shape index (κ2) is 10.6. The van der Waals surface area contributed by atoms with Crippen LogP contribution in [0.2, 0.25) is 5.02 Å². The summed E-state index contributed by atoms with van der Waals surface area (Å²) < 4.78 is 5.72. The lowest BCUT2D eigenvalue weighted by Crippen LogP contribution is -2.44. The number of amides is 2. The van der Waals surface area contributed by atoms with Gasteiger partial charge in [-0.1, -0.05) is 43.0 Å². The Hall–Kier alpha value is -2.86. The Balaban J connectivity index is 1.42. The van der Waals surface area contributed by atoms with Crippen molar-refractivity contribution in [1.29, 1.82) is 0 Å². The Morgan fingerprint density at radius 3 is 2.38 bits per heavy atom. The molecule has 2 aromatic carbocycles. The van der Waals surface area contributed by atoms with E-state index in [4.69, 9.17) is 16.3 Å². The van der Waals surface area contributed by atoms with Gasteiger partial charge in [0.1, 0.15) is 12.4 Å². The third kappa shape index (κ3) is 6.91. The van der Waals surface area contributed by atoms with Crippen molar-refractivity contribution in [3.63, 3.8) is 0 Å². The van der Waals surface area contributed by atoms with E-state index in [0.717, 1.165) is 36.8 Å². The normalized spacial score (nSPS) is 14.5. The van der Waals surface area contributed by atoms with Gasteiger partial charge >= 0.3 is 11.8 Å². The van der Waals surface area contributed by atoms with Gasteiger partial charge in [0.05, 0.1) is 6.21 Å². The molecule has 0 radical (unpaired) electrons. The first-order valence-corrected chi connectivity index (χ1v) is 10.1. The van der Waals surface area contributed by atoms with Crippen LogP contribution in [0.3, 0.4) is 0 Å². The van der Waals surface area contributed by atoms with Crippen molar-refractivity contribution in [3.05, 3.63) is 64.7 Å². The highest BCUT2D eigenvalue weighted by atomic mass is 35.5. The van der Waals surface area contributed by atoms with Crippen LogP contribution in [0.15, 0.2) is 53.6 Å². The first kappa shape index (κ1) is 20.9. The molecule has 29 heavy (non-hydrogen) atoms. The number of halogens is 1. The van der Waals surface area contributed by atoms with E-state index in [1.807, 2.05) is 48.5 Å². The Morgan fingerprint density at radius 2 is 1.69 bits per heavy atom. The molecular weight excluding hydrogens is 390 g/mol. The molecule has 2 amide bonds. The number of carbonyl (C=O) groups excluding carboxylic acids is 2. The van der Waals surface area contributed by atoms with Crippen LogP contribution in [0.1, 0.15) is 43.2 Å². The van der Waals surface area contributed by atoms with Crippen LogP contribution in [0, 0.1) is 0 Å². The Labute approximate surface area is 175 Å². The van der Waals surface area contributed by atoms with Crippen molar-refractivity contribution in [2.24, 2.45) is 5.10 Å². The zero-order chi connectivity index (χ0) is 20.5. The standard InChI is InChI=1S/C22H24ClN3O3/c23-18-10-6-17(7-11-18)15-29-20-12-8-16(9-13-20)14-24-26-22(28)21(27)25-19-4-2-1-3-5-19/h6-14,19H,1-5,15H2,(H,25,27)(H,26,28)/b24-14+. The van der Waals surface area contributed by atoms with Crippen LogP contribution < -0.4 is 15.5 Å². The monoisotopic (exact) mass is 413 g/mol. The van der Waals surface area contributed by atoms with Gasteiger partial charge in [-0.05, 0) is 60.4 Å². The first-order chi connectivity index (χ1) is 14.1. The molecule has 1 fully saturated rings. The summed E-state index contributed by atoms with van der Waals surface area (Å²) in [7, 11) is 0. The predicted molar refractivity (Wildman–Crippen MR) is 113 cm³/mol. The summed E-state index contributed by atoms with van der Waals surface area (Å²) in [5.41, 5.74) is 4.06. The van der Waals surface area contributed by atoms with E-state index >= 15 is 0 Å². The number of hydrogen-bond acceptors (Lipinski definition) is 4. The van der Waals surface area contributed by atoms with E-state index in [9.17, 15) is 9.59 Å². The summed E-state index contributed by atoms with van der Waals surface area (Å²) in [6.45, 7) is 0.441. The summed E-state index contributed by atoms with van der Waals surface area (Å²) in [6, 6.07) is 14.8. The van der Waals surface area contributed by atoms with E-state index < -0.39 is 11.8 Å². The smallest absolute Gasteiger partial charge is 0.329 e. The van der Waals surface area contributed by atoms with Crippen molar-refractivity contribution >= 4 is 29.6 Å². The van der Waals surface area contributed by atoms with Crippen molar-refractivity contribution in [2.75, 3.05) is 0 Å². The highest BCUT2D eigenvalue weighted by Crippen LogP contribution is 2.17. The van der Waals surface area contributed by atoms with Gasteiger partial charge < -0.3 is 10.1 Å². The molecule has 1 saturated carbocycles. The van der Waals surface area contributed by atoms with Crippen molar-refractivity contribution < 1.29 is 14.3 Å². The third-order valence-corrected chi connectivity index (χ3v) is 4.98. The van der Waals surface area contributed by atoms with Crippen LogP contribution in [-0.2, 0) is 16.2 Å². The highest BCUT2D eigenvalue weighted by molar-refractivity contribution is 6.35. The molecular formula is C22H24ClN3O3. The number of hydrogen-bond donors (Lipinski definition) is 2. The number of hydrazone groups is 1. The van der Waals surface area contributed by atoms with Gasteiger partial charge in [0.15, 0.2) is 0 Å². The summed E-state index contributed by atoms with van der Waals surface area (Å²) in [5, 5.41) is 7.30. The molecule has 3 rings (SSSR count). The molecule has 7 heteroatoms. The summed E-state index contributed by atoms with van der Waals surface area (Å²) in [6.07, 6.45) is 6.69. The van der Waals surface area contributed by atoms with Gasteiger partial charge in [-0.3, -0.25) is 9.59 Å². The molecule has 0 aliphatic heterocycles. The summed E-state index contributed by atoms with van der Waals surface area (Å²) in [4.78, 5) is 23.7. The average molecular weight is 414 g/mol. The van der Waals surface area contributed by atoms with Gasteiger partial charge in [-0.15, -0.1) is 0 Å². The molecule has 0 saturated heterocycles. The fourth-order valence-corrected chi connectivity index (χ4v) is 3.24. The number of nitrogens with zero attached hydrogens (tertiary/aromatic N) is 1.